The number of nitrogens with two attached hydrogens (primary N) is 1. The maximum absolute atomic E-state index is 9.82. The average molecular weight is 240 g/mol. The Kier molecular flexibility index (Phi) is 5.76. The highest BCUT2D eigenvalue weighted by Crippen LogP contribution is 2.24. The number of phenolic OH excluding ortho intramolecular Hbond substituents is 2. The van der Waals surface area contributed by atoms with E-state index < -0.39 is 6.10 Å². The maximum Gasteiger partial charge on any atom is 0.119 e. The van der Waals surface area contributed by atoms with Crippen molar-refractivity contribution < 1.29 is 15.3 Å². The molecule has 1 rings (SSSR count). The summed E-state index contributed by atoms with van der Waals surface area (Å²) in [5, 5.41) is 31.5. The highest BCUT2D eigenvalue weighted by atomic mass is 16.3. The van der Waals surface area contributed by atoms with E-state index >= 15 is 0 Å². The first-order valence-electron chi connectivity index (χ1n) is 5.75. The SMILES string of the molecule is NCCCCNCC(O)c1cc(O)cc(O)c1. The largest absolute Gasteiger partial charge is 0.508 e. The highest BCUT2D eigenvalue weighted by molar-refractivity contribution is 5.37. The molecular formula is C12H20N2O3. The molecule has 0 aromatic heterocycles. The fourth-order valence-electron chi connectivity index (χ4n) is 1.56. The summed E-state index contributed by atoms with van der Waals surface area (Å²) in [5.41, 5.74) is 5.86. The van der Waals surface area contributed by atoms with Crippen molar-refractivity contribution in [3.05, 3.63) is 23.8 Å². The lowest BCUT2D eigenvalue weighted by atomic mass is 10.1. The number of rotatable bonds is 7. The minimum atomic E-state index is -0.745. The van der Waals surface area contributed by atoms with Crippen LogP contribution in [-0.2, 0) is 0 Å². The zero-order valence-corrected chi connectivity index (χ0v) is 9.76. The number of aliphatic hydroxyl groups is 1. The molecule has 0 heterocycles. The van der Waals surface area contributed by atoms with Crippen LogP contribution < -0.4 is 11.1 Å². The van der Waals surface area contributed by atoms with Crippen molar-refractivity contribution >= 4 is 0 Å². The van der Waals surface area contributed by atoms with Crippen molar-refractivity contribution in [1.29, 1.82) is 0 Å². The number of aromatic hydroxyl groups is 2. The summed E-state index contributed by atoms with van der Waals surface area (Å²) in [6.07, 6.45) is 1.18. The number of hydrogen-bond donors (Lipinski definition) is 5. The molecule has 0 saturated heterocycles. The van der Waals surface area contributed by atoms with Crippen LogP contribution in [-0.4, -0.2) is 35.0 Å². The molecule has 0 spiro atoms. The minimum absolute atomic E-state index is 0.0535. The number of aliphatic hydroxyl groups excluding tert-OH is 1. The molecule has 5 nitrogen and oxygen atoms in total. The van der Waals surface area contributed by atoms with Crippen LogP contribution in [0.4, 0.5) is 0 Å². The van der Waals surface area contributed by atoms with Crippen molar-refractivity contribution in [2.24, 2.45) is 5.73 Å². The fraction of sp³-hybridized carbons (Fsp3) is 0.500. The standard InChI is InChI=1S/C12H20N2O3/c13-3-1-2-4-14-8-12(17)9-5-10(15)7-11(16)6-9/h5-7,12,14-17H,1-4,8,13H2. The van der Waals surface area contributed by atoms with Gasteiger partial charge >= 0.3 is 0 Å². The molecule has 5 heteroatoms. The Labute approximate surface area is 101 Å². The smallest absolute Gasteiger partial charge is 0.119 e. The van der Waals surface area contributed by atoms with E-state index in [0.717, 1.165) is 19.4 Å². The summed E-state index contributed by atoms with van der Waals surface area (Å²) in [5.74, 6) is -0.107. The first-order valence-corrected chi connectivity index (χ1v) is 5.75. The Balaban J connectivity index is 2.38. The van der Waals surface area contributed by atoms with Gasteiger partial charge in [-0.15, -0.1) is 0 Å². The van der Waals surface area contributed by atoms with Crippen LogP contribution in [0.3, 0.4) is 0 Å². The van der Waals surface area contributed by atoms with E-state index in [4.69, 9.17) is 5.73 Å². The predicted molar refractivity (Wildman–Crippen MR) is 65.9 cm³/mol. The fourth-order valence-corrected chi connectivity index (χ4v) is 1.56. The van der Waals surface area contributed by atoms with Crippen LogP contribution in [0.1, 0.15) is 24.5 Å². The second-order valence-corrected chi connectivity index (χ2v) is 4.00. The molecule has 0 radical (unpaired) electrons. The van der Waals surface area contributed by atoms with Crippen LogP contribution in [0.2, 0.25) is 0 Å². The van der Waals surface area contributed by atoms with E-state index in [9.17, 15) is 15.3 Å². The van der Waals surface area contributed by atoms with Crippen molar-refractivity contribution in [3.63, 3.8) is 0 Å². The third-order valence-electron chi connectivity index (χ3n) is 2.46. The van der Waals surface area contributed by atoms with Gasteiger partial charge < -0.3 is 26.4 Å². The average Bonchev–Trinajstić information content (AvgIpc) is 2.27. The van der Waals surface area contributed by atoms with Gasteiger partial charge in [0.2, 0.25) is 0 Å². The summed E-state index contributed by atoms with van der Waals surface area (Å²) in [6.45, 7) is 1.84. The van der Waals surface area contributed by atoms with Crippen molar-refractivity contribution in [3.8, 4) is 11.5 Å². The van der Waals surface area contributed by atoms with Gasteiger partial charge in [0.25, 0.3) is 0 Å². The number of nitrogens with one attached hydrogen (secondary N) is 1. The molecule has 1 unspecified atom stereocenters. The van der Waals surface area contributed by atoms with Crippen LogP contribution in [0.15, 0.2) is 18.2 Å². The van der Waals surface area contributed by atoms with Crippen molar-refractivity contribution in [2.45, 2.75) is 18.9 Å². The Bertz CT molecular complexity index is 324. The van der Waals surface area contributed by atoms with E-state index in [1.807, 2.05) is 0 Å². The summed E-state index contributed by atoms with van der Waals surface area (Å²) in [6, 6.07) is 4.10. The van der Waals surface area contributed by atoms with E-state index in [0.29, 0.717) is 18.7 Å². The Hall–Kier alpha value is -1.30. The first kappa shape index (κ1) is 13.8. The van der Waals surface area contributed by atoms with Gasteiger partial charge in [-0.1, -0.05) is 0 Å². The van der Waals surface area contributed by atoms with Crippen LogP contribution >= 0.6 is 0 Å². The zero-order valence-electron chi connectivity index (χ0n) is 9.76. The highest BCUT2D eigenvalue weighted by Gasteiger charge is 2.09. The minimum Gasteiger partial charge on any atom is -0.508 e. The van der Waals surface area contributed by atoms with Gasteiger partial charge in [-0.05, 0) is 43.6 Å². The van der Waals surface area contributed by atoms with E-state index in [1.165, 1.54) is 18.2 Å². The van der Waals surface area contributed by atoms with Gasteiger partial charge in [-0.25, -0.2) is 0 Å². The van der Waals surface area contributed by atoms with Crippen molar-refractivity contribution in [1.82, 2.24) is 5.32 Å². The van der Waals surface area contributed by atoms with Crippen LogP contribution in [0.5, 0.6) is 11.5 Å². The second kappa shape index (κ2) is 7.11. The number of phenols is 2. The molecule has 96 valence electrons. The van der Waals surface area contributed by atoms with Gasteiger partial charge in [0.15, 0.2) is 0 Å². The summed E-state index contributed by atoms with van der Waals surface area (Å²) in [4.78, 5) is 0. The lowest BCUT2D eigenvalue weighted by Crippen LogP contribution is -2.23. The van der Waals surface area contributed by atoms with Crippen LogP contribution in [0, 0.1) is 0 Å². The van der Waals surface area contributed by atoms with E-state index in [-0.39, 0.29) is 11.5 Å². The Morgan fingerprint density at radius 3 is 2.35 bits per heavy atom. The zero-order chi connectivity index (χ0) is 12.7. The molecule has 1 atom stereocenters. The molecule has 0 amide bonds. The lowest BCUT2D eigenvalue weighted by Gasteiger charge is -2.12. The van der Waals surface area contributed by atoms with Crippen LogP contribution in [0.25, 0.3) is 0 Å². The maximum atomic E-state index is 9.82. The molecule has 0 aliphatic heterocycles. The molecule has 17 heavy (non-hydrogen) atoms. The molecule has 1 aromatic rings. The summed E-state index contributed by atoms with van der Waals surface area (Å²) < 4.78 is 0. The Morgan fingerprint density at radius 1 is 1.12 bits per heavy atom. The quantitative estimate of drug-likeness (QED) is 0.446. The molecule has 0 aliphatic carbocycles. The molecule has 0 aliphatic rings. The predicted octanol–water partition coefficient (Wildman–Crippen LogP) is 0.460. The molecule has 0 saturated carbocycles. The van der Waals surface area contributed by atoms with Gasteiger partial charge in [0, 0.05) is 12.6 Å². The number of unbranched alkanes of at least 4 members (excludes halogenated alkanes) is 1. The lowest BCUT2D eigenvalue weighted by molar-refractivity contribution is 0.174. The summed E-state index contributed by atoms with van der Waals surface area (Å²) >= 11 is 0. The van der Waals surface area contributed by atoms with E-state index in [1.54, 1.807) is 0 Å². The molecule has 0 bridgehead atoms. The molecule has 6 N–H and O–H groups in total. The van der Waals surface area contributed by atoms with Gasteiger partial charge in [0.1, 0.15) is 11.5 Å². The molecule has 1 aromatic carbocycles. The Morgan fingerprint density at radius 2 is 1.76 bits per heavy atom. The second-order valence-electron chi connectivity index (χ2n) is 4.00. The first-order chi connectivity index (χ1) is 8.13. The topological polar surface area (TPSA) is 98.7 Å². The third-order valence-corrected chi connectivity index (χ3v) is 2.46. The van der Waals surface area contributed by atoms with Gasteiger partial charge in [-0.2, -0.15) is 0 Å². The van der Waals surface area contributed by atoms with Crippen molar-refractivity contribution in [2.75, 3.05) is 19.6 Å². The van der Waals surface area contributed by atoms with Gasteiger partial charge in [0.05, 0.1) is 6.10 Å². The summed E-state index contributed by atoms with van der Waals surface area (Å²) in [7, 11) is 0. The van der Waals surface area contributed by atoms with Gasteiger partial charge in [-0.3, -0.25) is 0 Å². The monoisotopic (exact) mass is 240 g/mol. The molecular weight excluding hydrogens is 220 g/mol. The normalized spacial score (nSPS) is 12.6. The number of hydrogen-bond acceptors (Lipinski definition) is 5. The molecule has 0 fully saturated rings. The third kappa shape index (κ3) is 5.04. The number of benzene rings is 1. The van der Waals surface area contributed by atoms with E-state index in [2.05, 4.69) is 5.32 Å².